The number of nitrogens with one attached hydrogen (secondary N) is 1. The number of nitro groups is 1. The first-order valence-electron chi connectivity index (χ1n) is 9.36. The third kappa shape index (κ3) is 4.76. The molecule has 0 spiro atoms. The molecule has 0 bridgehead atoms. The molecule has 0 amide bonds. The van der Waals surface area contributed by atoms with Crippen molar-refractivity contribution in [2.24, 2.45) is 0 Å². The number of rotatable bonds is 8. The standard InChI is InChI=1S/C19H23N3O9/c1-10-8-21(19(25)20-17(10)24)15-7-12(23)16(31-15)18(22(26)27)30-9-11-4-5-13(28-2)14(6-11)29-3/h4-6,8,12,15-16,18,23H,7,9H2,1-3H3,(H,20,24,25)/t12-,15+,16-,18?/m0/s1. The maximum absolute atomic E-state index is 12.1. The van der Waals surface area contributed by atoms with Gasteiger partial charge < -0.3 is 24.1 Å². The Labute approximate surface area is 176 Å². The van der Waals surface area contributed by atoms with Gasteiger partial charge in [-0.05, 0) is 24.6 Å². The molecule has 31 heavy (non-hydrogen) atoms. The molecule has 12 nitrogen and oxygen atoms in total. The number of hydrogen-bond donors (Lipinski definition) is 2. The van der Waals surface area contributed by atoms with E-state index in [1.165, 1.54) is 27.3 Å². The summed E-state index contributed by atoms with van der Waals surface area (Å²) >= 11 is 0. The minimum Gasteiger partial charge on any atom is -0.493 e. The van der Waals surface area contributed by atoms with E-state index >= 15 is 0 Å². The summed E-state index contributed by atoms with van der Waals surface area (Å²) in [6.07, 6.45) is -4.06. The summed E-state index contributed by atoms with van der Waals surface area (Å²) in [6, 6.07) is 4.92. The molecule has 3 rings (SSSR count). The lowest BCUT2D eigenvalue weighted by Gasteiger charge is -2.20. The number of hydrogen-bond acceptors (Lipinski definition) is 9. The summed E-state index contributed by atoms with van der Waals surface area (Å²) < 4.78 is 22.5. The van der Waals surface area contributed by atoms with Crippen molar-refractivity contribution in [1.82, 2.24) is 9.55 Å². The SMILES string of the molecule is COc1ccc(COC([C@H]2O[C@@H](n3cc(C)c(=O)[nH]c3=O)C[C@@H]2O)[N+](=O)[O-])cc1OC. The highest BCUT2D eigenvalue weighted by Crippen LogP contribution is 2.32. The number of aliphatic hydroxyl groups excluding tert-OH is 1. The van der Waals surface area contributed by atoms with Crippen molar-refractivity contribution in [3.63, 3.8) is 0 Å². The van der Waals surface area contributed by atoms with E-state index in [1.54, 1.807) is 18.2 Å². The van der Waals surface area contributed by atoms with Gasteiger partial charge in [-0.25, -0.2) is 4.79 Å². The van der Waals surface area contributed by atoms with E-state index < -0.39 is 40.8 Å². The predicted octanol–water partition coefficient (Wildman–Crippen LogP) is 0.330. The fourth-order valence-electron chi connectivity index (χ4n) is 3.33. The van der Waals surface area contributed by atoms with E-state index in [9.17, 15) is 24.8 Å². The normalized spacial score (nSPS) is 21.6. The van der Waals surface area contributed by atoms with Crippen molar-refractivity contribution < 1.29 is 29.0 Å². The van der Waals surface area contributed by atoms with Gasteiger partial charge >= 0.3 is 11.9 Å². The van der Waals surface area contributed by atoms with E-state index in [1.807, 2.05) is 0 Å². The van der Waals surface area contributed by atoms with E-state index in [0.29, 0.717) is 17.1 Å². The lowest BCUT2D eigenvalue weighted by molar-refractivity contribution is -0.592. The number of benzene rings is 1. The van der Waals surface area contributed by atoms with Crippen LogP contribution in [0.5, 0.6) is 11.5 Å². The van der Waals surface area contributed by atoms with Crippen LogP contribution < -0.4 is 20.7 Å². The molecule has 1 aromatic heterocycles. The van der Waals surface area contributed by atoms with Crippen molar-refractivity contribution >= 4 is 0 Å². The Morgan fingerprint density at radius 1 is 1.32 bits per heavy atom. The Morgan fingerprint density at radius 2 is 2.03 bits per heavy atom. The molecule has 0 saturated carbocycles. The van der Waals surface area contributed by atoms with Gasteiger partial charge in [-0.3, -0.25) is 24.5 Å². The third-order valence-electron chi connectivity index (χ3n) is 4.95. The van der Waals surface area contributed by atoms with Gasteiger partial charge in [-0.2, -0.15) is 0 Å². The fourth-order valence-corrected chi connectivity index (χ4v) is 3.33. The fraction of sp³-hybridized carbons (Fsp3) is 0.474. The number of nitrogens with zero attached hydrogens (tertiary/aromatic N) is 2. The molecular weight excluding hydrogens is 414 g/mol. The Hall–Kier alpha value is -3.22. The first kappa shape index (κ1) is 22.5. The van der Waals surface area contributed by atoms with Crippen molar-refractivity contribution in [2.45, 2.75) is 44.6 Å². The molecule has 1 saturated heterocycles. The van der Waals surface area contributed by atoms with Gasteiger partial charge in [-0.1, -0.05) is 6.07 Å². The van der Waals surface area contributed by atoms with Crippen molar-refractivity contribution in [2.75, 3.05) is 14.2 Å². The zero-order valence-corrected chi connectivity index (χ0v) is 17.1. The largest absolute Gasteiger partial charge is 0.493 e. The van der Waals surface area contributed by atoms with Crippen molar-refractivity contribution in [3.8, 4) is 11.5 Å². The third-order valence-corrected chi connectivity index (χ3v) is 4.95. The number of aliphatic hydroxyl groups is 1. The molecule has 12 heteroatoms. The van der Waals surface area contributed by atoms with Crippen LogP contribution in [-0.2, 0) is 16.1 Å². The summed E-state index contributed by atoms with van der Waals surface area (Å²) in [4.78, 5) is 36.7. The van der Waals surface area contributed by atoms with Crippen LogP contribution in [-0.4, -0.2) is 52.2 Å². The molecule has 1 aliphatic heterocycles. The molecule has 0 aliphatic carbocycles. The zero-order valence-electron chi connectivity index (χ0n) is 17.1. The molecule has 2 aromatic rings. The number of ether oxygens (including phenoxy) is 4. The van der Waals surface area contributed by atoms with Gasteiger partial charge in [0.1, 0.15) is 6.23 Å². The molecule has 2 heterocycles. The van der Waals surface area contributed by atoms with Gasteiger partial charge in [0.25, 0.3) is 5.56 Å². The average molecular weight is 437 g/mol. The smallest absolute Gasteiger partial charge is 0.344 e. The number of aryl methyl sites for hydroxylation is 1. The Kier molecular flexibility index (Phi) is 6.73. The van der Waals surface area contributed by atoms with Crippen LogP contribution in [0.4, 0.5) is 0 Å². The number of methoxy groups -OCH3 is 2. The van der Waals surface area contributed by atoms with E-state index in [-0.39, 0.29) is 18.6 Å². The highest BCUT2D eigenvalue weighted by molar-refractivity contribution is 5.42. The van der Waals surface area contributed by atoms with Gasteiger partial charge in [-0.15, -0.1) is 0 Å². The first-order valence-corrected chi connectivity index (χ1v) is 9.36. The molecule has 2 N–H and O–H groups in total. The minimum absolute atomic E-state index is 0.0832. The maximum atomic E-state index is 12.1. The second-order valence-electron chi connectivity index (χ2n) is 7.01. The van der Waals surface area contributed by atoms with E-state index in [4.69, 9.17) is 18.9 Å². The van der Waals surface area contributed by atoms with Crippen LogP contribution in [0, 0.1) is 17.0 Å². The van der Waals surface area contributed by atoms with Crippen LogP contribution in [0.15, 0.2) is 34.0 Å². The number of aromatic amines is 1. The van der Waals surface area contributed by atoms with Crippen molar-refractivity contribution in [1.29, 1.82) is 0 Å². The number of H-pyrrole nitrogens is 1. The second-order valence-corrected chi connectivity index (χ2v) is 7.01. The number of aromatic nitrogens is 2. The Morgan fingerprint density at radius 3 is 2.68 bits per heavy atom. The van der Waals surface area contributed by atoms with Gasteiger partial charge in [0.05, 0.1) is 31.9 Å². The molecule has 168 valence electrons. The lowest BCUT2D eigenvalue weighted by atomic mass is 10.1. The van der Waals surface area contributed by atoms with Gasteiger partial charge in [0.15, 0.2) is 17.6 Å². The summed E-state index contributed by atoms with van der Waals surface area (Å²) in [5.41, 5.74) is -0.437. The topological polar surface area (TPSA) is 155 Å². The monoisotopic (exact) mass is 437 g/mol. The van der Waals surface area contributed by atoms with Crippen LogP contribution in [0.1, 0.15) is 23.8 Å². The molecule has 1 aromatic carbocycles. The molecule has 1 unspecified atom stereocenters. The van der Waals surface area contributed by atoms with E-state index in [0.717, 1.165) is 4.57 Å². The average Bonchev–Trinajstić information content (AvgIpc) is 3.11. The van der Waals surface area contributed by atoms with Crippen LogP contribution in [0.2, 0.25) is 0 Å². The van der Waals surface area contributed by atoms with Crippen molar-refractivity contribution in [3.05, 3.63) is 66.5 Å². The Bertz CT molecular complexity index is 1060. The highest BCUT2D eigenvalue weighted by atomic mass is 16.7. The lowest BCUT2D eigenvalue weighted by Crippen LogP contribution is -2.42. The van der Waals surface area contributed by atoms with Crippen LogP contribution in [0.3, 0.4) is 0 Å². The summed E-state index contributed by atoms with van der Waals surface area (Å²) in [7, 11) is 2.95. The van der Waals surface area contributed by atoms with Crippen LogP contribution >= 0.6 is 0 Å². The quantitative estimate of drug-likeness (QED) is 0.338. The van der Waals surface area contributed by atoms with Gasteiger partial charge in [0.2, 0.25) is 0 Å². The highest BCUT2D eigenvalue weighted by Gasteiger charge is 2.47. The first-order chi connectivity index (χ1) is 14.7. The maximum Gasteiger partial charge on any atom is 0.344 e. The molecule has 1 fully saturated rings. The van der Waals surface area contributed by atoms with Gasteiger partial charge in [0, 0.05) is 18.2 Å². The van der Waals surface area contributed by atoms with E-state index in [2.05, 4.69) is 4.98 Å². The van der Waals surface area contributed by atoms with Crippen LogP contribution in [0.25, 0.3) is 0 Å². The zero-order chi connectivity index (χ0) is 22.7. The molecule has 1 aliphatic rings. The molecule has 0 radical (unpaired) electrons. The summed E-state index contributed by atoms with van der Waals surface area (Å²) in [5, 5.41) is 22.0. The summed E-state index contributed by atoms with van der Waals surface area (Å²) in [5.74, 6) is 0.933. The molecule has 4 atom stereocenters. The molecular formula is C19H23N3O9. The predicted molar refractivity (Wildman–Crippen MR) is 106 cm³/mol. The summed E-state index contributed by atoms with van der Waals surface area (Å²) in [6.45, 7) is 1.35. The minimum atomic E-state index is -1.69. The Balaban J connectivity index is 1.76. The second kappa shape index (κ2) is 9.29.